The lowest BCUT2D eigenvalue weighted by atomic mass is 10.0. The zero-order valence-corrected chi connectivity index (χ0v) is 17.2. The lowest BCUT2D eigenvalue weighted by Gasteiger charge is -2.09. The highest BCUT2D eigenvalue weighted by Crippen LogP contribution is 2.38. The molecule has 5 heterocycles. The molecule has 0 amide bonds. The summed E-state index contributed by atoms with van der Waals surface area (Å²) < 4.78 is 12.7. The molecule has 0 saturated carbocycles. The van der Waals surface area contributed by atoms with Gasteiger partial charge in [0.25, 0.3) is 0 Å². The predicted octanol–water partition coefficient (Wildman–Crippen LogP) is 3.57. The molecule has 0 aliphatic rings. The molecule has 5 aromatic rings. The van der Waals surface area contributed by atoms with Gasteiger partial charge in [-0.2, -0.15) is 5.10 Å². The zero-order chi connectivity index (χ0) is 21.0. The van der Waals surface area contributed by atoms with Crippen LogP contribution >= 0.6 is 0 Å². The van der Waals surface area contributed by atoms with E-state index in [-0.39, 0.29) is 0 Å². The molecule has 0 spiro atoms. The summed E-state index contributed by atoms with van der Waals surface area (Å²) in [7, 11) is 3.46. The molecule has 0 aromatic carbocycles. The number of pyridine rings is 1. The monoisotopic (exact) mass is 404 g/mol. The lowest BCUT2D eigenvalue weighted by molar-refractivity contribution is 0.392. The van der Waals surface area contributed by atoms with Gasteiger partial charge in [-0.25, -0.2) is 15.0 Å². The first-order valence-corrected chi connectivity index (χ1v) is 9.39. The Bertz CT molecular complexity index is 1390. The van der Waals surface area contributed by atoms with Crippen LogP contribution in [-0.2, 0) is 7.05 Å². The maximum absolute atomic E-state index is 5.62. The van der Waals surface area contributed by atoms with E-state index in [1.807, 2.05) is 40.0 Å². The number of nitrogens with one attached hydrogen (secondary N) is 2. The summed E-state index contributed by atoms with van der Waals surface area (Å²) in [5.74, 6) is 3.27. The van der Waals surface area contributed by atoms with E-state index in [1.165, 1.54) is 0 Å². The van der Waals surface area contributed by atoms with Crippen LogP contribution < -0.4 is 10.1 Å². The number of hydrogen-bond acceptors (Lipinski definition) is 8. The first kappa shape index (κ1) is 18.1. The highest BCUT2D eigenvalue weighted by Gasteiger charge is 2.22. The maximum Gasteiger partial charge on any atom is 0.221 e. The number of aromatic nitrogens is 7. The quantitative estimate of drug-likeness (QED) is 0.466. The van der Waals surface area contributed by atoms with E-state index in [4.69, 9.17) is 14.2 Å². The first-order valence-electron chi connectivity index (χ1n) is 9.39. The van der Waals surface area contributed by atoms with Crippen LogP contribution in [0, 0.1) is 20.8 Å². The summed E-state index contributed by atoms with van der Waals surface area (Å²) in [6.07, 6.45) is 1.72. The van der Waals surface area contributed by atoms with Gasteiger partial charge in [-0.1, -0.05) is 5.16 Å². The van der Waals surface area contributed by atoms with Crippen LogP contribution in [0.3, 0.4) is 0 Å². The number of nitrogens with zero attached hydrogens (tertiary/aromatic N) is 6. The zero-order valence-electron chi connectivity index (χ0n) is 17.2. The summed E-state index contributed by atoms with van der Waals surface area (Å²) >= 11 is 0. The fourth-order valence-corrected chi connectivity index (χ4v) is 3.71. The Hall–Kier alpha value is -3.95. The molecule has 0 aliphatic carbocycles. The third kappa shape index (κ3) is 2.68. The number of aromatic amines is 1. The molecule has 30 heavy (non-hydrogen) atoms. The van der Waals surface area contributed by atoms with Gasteiger partial charge in [-0.05, 0) is 26.8 Å². The third-order valence-electron chi connectivity index (χ3n) is 5.06. The van der Waals surface area contributed by atoms with Gasteiger partial charge in [0.2, 0.25) is 5.88 Å². The molecule has 2 N–H and O–H groups in total. The van der Waals surface area contributed by atoms with Crippen LogP contribution in [0.25, 0.3) is 33.2 Å². The second-order valence-electron chi connectivity index (χ2n) is 7.07. The number of ether oxygens (including phenoxy) is 1. The van der Waals surface area contributed by atoms with Gasteiger partial charge >= 0.3 is 0 Å². The normalized spacial score (nSPS) is 11.5. The van der Waals surface area contributed by atoms with Crippen molar-refractivity contribution in [2.24, 2.45) is 7.05 Å². The van der Waals surface area contributed by atoms with Gasteiger partial charge in [0.05, 0.1) is 41.0 Å². The largest absolute Gasteiger partial charge is 0.481 e. The number of anilines is 2. The fraction of sp³-hybridized carbons (Fsp3) is 0.250. The van der Waals surface area contributed by atoms with Crippen molar-refractivity contribution >= 4 is 33.7 Å². The minimum absolute atomic E-state index is 0.477. The standard InChI is InChI=1S/C20H20N8O2/c1-9-15(10(2)30-27-9)12-8-13-17(26-20(12)29-5)16-18(24-13)22-11(3)23-19(16)25-14-6-7-21-28(14)4/h6-8H,1-5H3,(H2,22,23,24,25). The van der Waals surface area contributed by atoms with Crippen LogP contribution in [0.4, 0.5) is 11.6 Å². The Kier molecular flexibility index (Phi) is 3.95. The predicted molar refractivity (Wildman–Crippen MR) is 112 cm³/mol. The molecule has 10 heteroatoms. The molecule has 10 nitrogen and oxygen atoms in total. The number of H-pyrrole nitrogens is 1. The SMILES string of the molecule is COc1nc2c(cc1-c1c(C)noc1C)[nH]c1nc(C)nc(Nc3ccnn3C)c12. The van der Waals surface area contributed by atoms with Crippen molar-refractivity contribution in [3.05, 3.63) is 35.6 Å². The maximum atomic E-state index is 5.62. The van der Waals surface area contributed by atoms with Crippen LogP contribution in [0.2, 0.25) is 0 Å². The lowest BCUT2D eigenvalue weighted by Crippen LogP contribution is -2.03. The van der Waals surface area contributed by atoms with Crippen molar-refractivity contribution in [2.45, 2.75) is 20.8 Å². The van der Waals surface area contributed by atoms with Gasteiger partial charge in [0.1, 0.15) is 34.4 Å². The first-order chi connectivity index (χ1) is 14.5. The molecule has 0 atom stereocenters. The van der Waals surface area contributed by atoms with Crippen LogP contribution in [0.1, 0.15) is 17.3 Å². The third-order valence-corrected chi connectivity index (χ3v) is 5.06. The van der Waals surface area contributed by atoms with E-state index < -0.39 is 0 Å². The number of hydrogen-bond donors (Lipinski definition) is 2. The van der Waals surface area contributed by atoms with E-state index in [0.717, 1.165) is 33.5 Å². The molecule has 5 aromatic heterocycles. The Morgan fingerprint density at radius 2 is 2.00 bits per heavy atom. The van der Waals surface area contributed by atoms with E-state index in [0.29, 0.717) is 34.4 Å². The van der Waals surface area contributed by atoms with Crippen molar-refractivity contribution < 1.29 is 9.26 Å². The molecule has 5 rings (SSSR count). The van der Waals surface area contributed by atoms with Crippen molar-refractivity contribution in [3.8, 4) is 17.0 Å². The van der Waals surface area contributed by atoms with Crippen LogP contribution in [-0.4, -0.2) is 42.0 Å². The molecule has 0 unspecified atom stereocenters. The fourth-order valence-electron chi connectivity index (χ4n) is 3.71. The van der Waals surface area contributed by atoms with Crippen LogP contribution in [0.5, 0.6) is 5.88 Å². The van der Waals surface area contributed by atoms with Crippen molar-refractivity contribution in [1.82, 2.24) is 34.9 Å². The number of methoxy groups -OCH3 is 1. The summed E-state index contributed by atoms with van der Waals surface area (Å²) in [6.45, 7) is 5.61. The van der Waals surface area contributed by atoms with Crippen molar-refractivity contribution in [2.75, 3.05) is 12.4 Å². The van der Waals surface area contributed by atoms with Gasteiger partial charge in [-0.15, -0.1) is 0 Å². The van der Waals surface area contributed by atoms with Gasteiger partial charge < -0.3 is 19.6 Å². The number of fused-ring (bicyclic) bond motifs is 3. The summed E-state index contributed by atoms with van der Waals surface area (Å²) in [5.41, 5.74) is 4.66. The molecule has 0 saturated heterocycles. The Morgan fingerprint density at radius 1 is 1.17 bits per heavy atom. The highest BCUT2D eigenvalue weighted by atomic mass is 16.5. The average molecular weight is 404 g/mol. The summed E-state index contributed by atoms with van der Waals surface area (Å²) in [4.78, 5) is 17.3. The number of rotatable bonds is 4. The Labute approximate surface area is 171 Å². The molecular formula is C20H20N8O2. The molecule has 0 aliphatic heterocycles. The van der Waals surface area contributed by atoms with Gasteiger partial charge in [-0.3, -0.25) is 4.68 Å². The van der Waals surface area contributed by atoms with E-state index in [1.54, 1.807) is 18.0 Å². The summed E-state index contributed by atoms with van der Waals surface area (Å²) in [6, 6.07) is 3.86. The van der Waals surface area contributed by atoms with Crippen LogP contribution in [0.15, 0.2) is 22.9 Å². The van der Waals surface area contributed by atoms with E-state index >= 15 is 0 Å². The molecule has 0 radical (unpaired) electrons. The van der Waals surface area contributed by atoms with Gasteiger partial charge in [0, 0.05) is 13.1 Å². The average Bonchev–Trinajstić information content (AvgIpc) is 3.37. The molecule has 152 valence electrons. The Morgan fingerprint density at radius 3 is 2.67 bits per heavy atom. The Balaban J connectivity index is 1.78. The topological polar surface area (TPSA) is 120 Å². The minimum atomic E-state index is 0.477. The number of aryl methyl sites for hydroxylation is 4. The second kappa shape index (κ2) is 6.55. The minimum Gasteiger partial charge on any atom is -0.481 e. The second-order valence-corrected chi connectivity index (χ2v) is 7.07. The van der Waals surface area contributed by atoms with E-state index in [2.05, 4.69) is 30.5 Å². The summed E-state index contributed by atoms with van der Waals surface area (Å²) in [5, 5.41) is 12.4. The van der Waals surface area contributed by atoms with Gasteiger partial charge in [0.15, 0.2) is 0 Å². The highest BCUT2D eigenvalue weighted by molar-refractivity contribution is 6.10. The van der Waals surface area contributed by atoms with E-state index in [9.17, 15) is 0 Å². The van der Waals surface area contributed by atoms with Crippen molar-refractivity contribution in [1.29, 1.82) is 0 Å². The van der Waals surface area contributed by atoms with Crippen molar-refractivity contribution in [3.63, 3.8) is 0 Å². The molecule has 0 fully saturated rings. The smallest absolute Gasteiger partial charge is 0.221 e. The molecular weight excluding hydrogens is 384 g/mol. The molecule has 0 bridgehead atoms.